The summed E-state index contributed by atoms with van der Waals surface area (Å²) in [5, 5.41) is 5.50. The number of hydrogen-bond donors (Lipinski definition) is 2. The topological polar surface area (TPSA) is 68.0 Å². The van der Waals surface area contributed by atoms with Gasteiger partial charge in [-0.3, -0.25) is 10.1 Å². The number of nitrogens with zero attached hydrogens (tertiary/aromatic N) is 1. The summed E-state index contributed by atoms with van der Waals surface area (Å²) in [6.07, 6.45) is 0. The summed E-state index contributed by atoms with van der Waals surface area (Å²) in [5.74, 6) is -0.308. The second-order valence-electron chi connectivity index (χ2n) is 5.45. The number of anilines is 2. The van der Waals surface area contributed by atoms with Crippen LogP contribution in [0.3, 0.4) is 0 Å². The van der Waals surface area contributed by atoms with Gasteiger partial charge >= 0.3 is 0 Å². The number of carbonyl (C=O) groups excluding carboxylic acids is 1. The molecule has 0 aliphatic rings. The maximum atomic E-state index is 12.2. The van der Waals surface area contributed by atoms with Crippen molar-refractivity contribution < 1.29 is 4.79 Å². The Kier molecular flexibility index (Phi) is 4.01. The summed E-state index contributed by atoms with van der Waals surface area (Å²) in [6, 6.07) is 4.98. The lowest BCUT2D eigenvalue weighted by Crippen LogP contribution is -2.14. The molecule has 106 valence electrons. The van der Waals surface area contributed by atoms with E-state index in [1.165, 1.54) is 11.3 Å². The van der Waals surface area contributed by atoms with Crippen molar-refractivity contribution in [2.75, 3.05) is 11.1 Å². The molecule has 6 heteroatoms. The first kappa shape index (κ1) is 14.8. The molecule has 0 bridgehead atoms. The Balaban J connectivity index is 2.20. The number of nitrogen functional groups attached to an aromatic ring is 1. The van der Waals surface area contributed by atoms with Crippen LogP contribution in [0.4, 0.5) is 10.8 Å². The van der Waals surface area contributed by atoms with Gasteiger partial charge in [0, 0.05) is 10.8 Å². The van der Waals surface area contributed by atoms with Crippen LogP contribution in [-0.2, 0) is 5.41 Å². The van der Waals surface area contributed by atoms with Gasteiger partial charge in [0.25, 0.3) is 5.91 Å². The molecule has 4 nitrogen and oxygen atoms in total. The molecule has 0 unspecified atom stereocenters. The molecule has 1 aromatic heterocycles. The summed E-state index contributed by atoms with van der Waals surface area (Å²) in [6.45, 7) is 6.22. The van der Waals surface area contributed by atoms with Gasteiger partial charge in [0.1, 0.15) is 0 Å². The van der Waals surface area contributed by atoms with Gasteiger partial charge in [-0.1, -0.05) is 38.4 Å². The summed E-state index contributed by atoms with van der Waals surface area (Å²) >= 11 is 7.42. The van der Waals surface area contributed by atoms with Crippen molar-refractivity contribution in [3.8, 4) is 0 Å². The lowest BCUT2D eigenvalue weighted by atomic mass is 9.93. The Hall–Kier alpha value is -1.59. The minimum Gasteiger partial charge on any atom is -0.398 e. The maximum absolute atomic E-state index is 12.2. The van der Waals surface area contributed by atoms with Crippen LogP contribution >= 0.6 is 22.9 Å². The first-order chi connectivity index (χ1) is 9.29. The second-order valence-corrected chi connectivity index (χ2v) is 6.69. The number of rotatable bonds is 2. The van der Waals surface area contributed by atoms with Crippen LogP contribution in [0.2, 0.25) is 5.02 Å². The Morgan fingerprint density at radius 1 is 1.40 bits per heavy atom. The fourth-order valence-corrected chi connectivity index (χ4v) is 2.71. The van der Waals surface area contributed by atoms with E-state index in [0.717, 1.165) is 5.69 Å². The molecule has 2 aromatic rings. The molecule has 1 heterocycles. The zero-order valence-corrected chi connectivity index (χ0v) is 13.1. The molecular formula is C14H16ClN3OS. The minimum absolute atomic E-state index is 0.0473. The van der Waals surface area contributed by atoms with E-state index in [2.05, 4.69) is 31.1 Å². The standard InChI is InChI=1S/C14H16ClN3OS/c1-14(2,3)10-7-20-13(17-10)18-12(19)8-5-4-6-9(16)11(8)15/h4-7H,16H2,1-3H3,(H,17,18,19). The predicted octanol–water partition coefficient (Wildman–Crippen LogP) is 3.93. The number of amides is 1. The van der Waals surface area contributed by atoms with E-state index in [1.807, 2.05) is 5.38 Å². The highest BCUT2D eigenvalue weighted by atomic mass is 35.5. The monoisotopic (exact) mass is 309 g/mol. The highest BCUT2D eigenvalue weighted by Crippen LogP contribution is 2.28. The molecule has 0 radical (unpaired) electrons. The van der Waals surface area contributed by atoms with E-state index < -0.39 is 0 Å². The molecule has 0 aliphatic heterocycles. The zero-order valence-electron chi connectivity index (χ0n) is 11.5. The van der Waals surface area contributed by atoms with Crippen molar-refractivity contribution in [3.05, 3.63) is 39.9 Å². The molecule has 0 atom stereocenters. The predicted molar refractivity (Wildman–Crippen MR) is 84.6 cm³/mol. The van der Waals surface area contributed by atoms with Gasteiger partial charge < -0.3 is 5.73 Å². The third-order valence-corrected chi connectivity index (χ3v) is 3.95. The summed E-state index contributed by atoms with van der Waals surface area (Å²) in [5.41, 5.74) is 7.31. The van der Waals surface area contributed by atoms with Crippen molar-refractivity contribution in [1.82, 2.24) is 4.98 Å². The van der Waals surface area contributed by atoms with E-state index in [9.17, 15) is 4.79 Å². The summed E-state index contributed by atoms with van der Waals surface area (Å²) < 4.78 is 0. The highest BCUT2D eigenvalue weighted by molar-refractivity contribution is 7.14. The quantitative estimate of drug-likeness (QED) is 0.826. The van der Waals surface area contributed by atoms with Gasteiger partial charge in [0.2, 0.25) is 0 Å². The van der Waals surface area contributed by atoms with Gasteiger partial charge in [-0.2, -0.15) is 0 Å². The van der Waals surface area contributed by atoms with E-state index in [1.54, 1.807) is 18.2 Å². The molecule has 0 saturated carbocycles. The zero-order chi connectivity index (χ0) is 14.9. The highest BCUT2D eigenvalue weighted by Gasteiger charge is 2.19. The van der Waals surface area contributed by atoms with Crippen molar-refractivity contribution in [3.63, 3.8) is 0 Å². The van der Waals surface area contributed by atoms with Crippen LogP contribution < -0.4 is 11.1 Å². The average Bonchev–Trinajstić information content (AvgIpc) is 2.81. The number of aromatic nitrogens is 1. The molecule has 0 saturated heterocycles. The van der Waals surface area contributed by atoms with E-state index in [4.69, 9.17) is 17.3 Å². The van der Waals surface area contributed by atoms with Crippen molar-refractivity contribution in [2.24, 2.45) is 0 Å². The Morgan fingerprint density at radius 2 is 2.10 bits per heavy atom. The number of hydrogen-bond acceptors (Lipinski definition) is 4. The lowest BCUT2D eigenvalue weighted by Gasteiger charge is -2.14. The van der Waals surface area contributed by atoms with Gasteiger partial charge in [-0.05, 0) is 12.1 Å². The van der Waals surface area contributed by atoms with Gasteiger partial charge in [0.05, 0.1) is 22.0 Å². The Morgan fingerprint density at radius 3 is 2.70 bits per heavy atom. The molecular weight excluding hydrogens is 294 g/mol. The van der Waals surface area contributed by atoms with E-state index in [-0.39, 0.29) is 16.3 Å². The minimum atomic E-state index is -0.308. The summed E-state index contributed by atoms with van der Waals surface area (Å²) in [4.78, 5) is 16.6. The molecule has 1 aromatic carbocycles. The normalized spacial score (nSPS) is 11.4. The number of benzene rings is 1. The molecule has 20 heavy (non-hydrogen) atoms. The SMILES string of the molecule is CC(C)(C)c1csc(NC(=O)c2cccc(N)c2Cl)n1. The fraction of sp³-hybridized carbons (Fsp3) is 0.286. The van der Waals surface area contributed by atoms with E-state index in [0.29, 0.717) is 16.4 Å². The number of nitrogens with one attached hydrogen (secondary N) is 1. The Labute approximate surface area is 127 Å². The van der Waals surface area contributed by atoms with Crippen molar-refractivity contribution in [1.29, 1.82) is 0 Å². The van der Waals surface area contributed by atoms with Crippen LogP contribution in [0.25, 0.3) is 0 Å². The van der Waals surface area contributed by atoms with Gasteiger partial charge in [-0.15, -0.1) is 11.3 Å². The van der Waals surface area contributed by atoms with E-state index >= 15 is 0 Å². The van der Waals surface area contributed by atoms with Crippen molar-refractivity contribution >= 4 is 39.7 Å². The third kappa shape index (κ3) is 3.11. The van der Waals surface area contributed by atoms with Crippen LogP contribution in [0.15, 0.2) is 23.6 Å². The molecule has 3 N–H and O–H groups in total. The molecule has 0 spiro atoms. The van der Waals surface area contributed by atoms with Crippen LogP contribution in [0, 0.1) is 0 Å². The number of halogens is 1. The third-order valence-electron chi connectivity index (χ3n) is 2.77. The maximum Gasteiger partial charge on any atom is 0.259 e. The number of nitrogens with two attached hydrogens (primary N) is 1. The molecule has 1 amide bonds. The largest absolute Gasteiger partial charge is 0.398 e. The number of carbonyl (C=O) groups is 1. The summed E-state index contributed by atoms with van der Waals surface area (Å²) in [7, 11) is 0. The van der Waals surface area contributed by atoms with Crippen LogP contribution in [0.5, 0.6) is 0 Å². The second kappa shape index (κ2) is 5.42. The van der Waals surface area contributed by atoms with Crippen molar-refractivity contribution in [2.45, 2.75) is 26.2 Å². The lowest BCUT2D eigenvalue weighted by molar-refractivity contribution is 0.102. The van der Waals surface area contributed by atoms with Crippen LogP contribution in [0.1, 0.15) is 36.8 Å². The molecule has 0 aliphatic carbocycles. The Bertz CT molecular complexity index is 646. The number of thiazole rings is 1. The first-order valence-corrected chi connectivity index (χ1v) is 7.36. The van der Waals surface area contributed by atoms with Gasteiger partial charge in [-0.25, -0.2) is 4.98 Å². The average molecular weight is 310 g/mol. The van der Waals surface area contributed by atoms with Gasteiger partial charge in [0.15, 0.2) is 5.13 Å². The molecule has 0 fully saturated rings. The first-order valence-electron chi connectivity index (χ1n) is 6.10. The smallest absolute Gasteiger partial charge is 0.259 e. The molecule has 2 rings (SSSR count). The fourth-order valence-electron chi connectivity index (χ4n) is 1.57. The van der Waals surface area contributed by atoms with Crippen LogP contribution in [-0.4, -0.2) is 10.9 Å².